The lowest BCUT2D eigenvalue weighted by Crippen LogP contribution is -2.51. The highest BCUT2D eigenvalue weighted by Crippen LogP contribution is 2.21. The summed E-state index contributed by atoms with van der Waals surface area (Å²) in [6, 6.07) is 2.09. The van der Waals surface area contributed by atoms with Crippen molar-refractivity contribution in [3.8, 4) is 11.8 Å². The molecule has 0 amide bonds. The highest BCUT2D eigenvalue weighted by Gasteiger charge is 2.22. The van der Waals surface area contributed by atoms with Gasteiger partial charge in [0.25, 0.3) is 0 Å². The normalized spacial score (nSPS) is 17.9. The first-order valence-corrected chi connectivity index (χ1v) is 6.84. The second-order valence-corrected chi connectivity index (χ2v) is 4.86. The van der Waals surface area contributed by atoms with Crippen LogP contribution in [0.3, 0.4) is 0 Å². The molecule has 1 fully saturated rings. The zero-order valence-electron chi connectivity index (χ0n) is 12.4. The standard InChI is InChI=1S/C13H23N5O2/c1-10(9-14)17-4-6-18(7-5-17)13-15-11(19-2)8-12(16-13)20-3/h8,10H,4-7,9,14H2,1-3H3. The van der Waals surface area contributed by atoms with Crippen LogP contribution < -0.4 is 20.1 Å². The van der Waals surface area contributed by atoms with Crippen LogP contribution in [-0.4, -0.2) is 67.9 Å². The maximum absolute atomic E-state index is 5.71. The van der Waals surface area contributed by atoms with E-state index in [1.807, 2.05) is 0 Å². The maximum atomic E-state index is 5.71. The number of anilines is 1. The summed E-state index contributed by atoms with van der Waals surface area (Å²) in [5, 5.41) is 0. The lowest BCUT2D eigenvalue weighted by Gasteiger charge is -2.37. The molecule has 0 radical (unpaired) electrons. The summed E-state index contributed by atoms with van der Waals surface area (Å²) in [6.07, 6.45) is 0. The molecule has 112 valence electrons. The van der Waals surface area contributed by atoms with E-state index in [2.05, 4.69) is 26.7 Å². The lowest BCUT2D eigenvalue weighted by atomic mass is 10.2. The summed E-state index contributed by atoms with van der Waals surface area (Å²) >= 11 is 0. The minimum atomic E-state index is 0.415. The Morgan fingerprint density at radius 1 is 1.15 bits per heavy atom. The largest absolute Gasteiger partial charge is 0.481 e. The molecule has 2 rings (SSSR count). The molecule has 1 aromatic rings. The quantitative estimate of drug-likeness (QED) is 0.811. The van der Waals surface area contributed by atoms with E-state index in [0.29, 0.717) is 30.3 Å². The van der Waals surface area contributed by atoms with Crippen LogP contribution in [0.5, 0.6) is 11.8 Å². The second kappa shape index (κ2) is 6.71. The Hall–Kier alpha value is -1.60. The summed E-state index contributed by atoms with van der Waals surface area (Å²) in [5.74, 6) is 1.69. The fraction of sp³-hybridized carbons (Fsp3) is 0.692. The van der Waals surface area contributed by atoms with Crippen molar-refractivity contribution in [3.63, 3.8) is 0 Å². The van der Waals surface area contributed by atoms with Gasteiger partial charge in [0.05, 0.1) is 20.3 Å². The van der Waals surface area contributed by atoms with Crippen LogP contribution in [0.4, 0.5) is 5.95 Å². The first kappa shape index (κ1) is 14.8. The number of aromatic nitrogens is 2. The highest BCUT2D eigenvalue weighted by atomic mass is 16.5. The van der Waals surface area contributed by atoms with Gasteiger partial charge in [0.2, 0.25) is 17.7 Å². The van der Waals surface area contributed by atoms with Crippen molar-refractivity contribution < 1.29 is 9.47 Å². The van der Waals surface area contributed by atoms with Gasteiger partial charge in [-0.15, -0.1) is 0 Å². The van der Waals surface area contributed by atoms with Gasteiger partial charge in [0.1, 0.15) is 0 Å². The number of rotatable bonds is 5. The van der Waals surface area contributed by atoms with Crippen molar-refractivity contribution in [3.05, 3.63) is 6.07 Å². The number of methoxy groups -OCH3 is 2. The third-order valence-corrected chi connectivity index (χ3v) is 3.65. The molecule has 1 aliphatic heterocycles. The number of nitrogens with two attached hydrogens (primary N) is 1. The van der Waals surface area contributed by atoms with Crippen molar-refractivity contribution in [2.24, 2.45) is 5.73 Å². The Bertz CT molecular complexity index is 413. The molecule has 1 saturated heterocycles. The summed E-state index contributed by atoms with van der Waals surface area (Å²) in [5.41, 5.74) is 5.71. The smallest absolute Gasteiger partial charge is 0.232 e. The summed E-state index contributed by atoms with van der Waals surface area (Å²) in [7, 11) is 3.18. The van der Waals surface area contributed by atoms with Gasteiger partial charge in [0, 0.05) is 38.8 Å². The van der Waals surface area contributed by atoms with Crippen LogP contribution in [0.1, 0.15) is 6.92 Å². The van der Waals surface area contributed by atoms with E-state index in [1.54, 1.807) is 20.3 Å². The summed E-state index contributed by atoms with van der Waals surface area (Å²) in [4.78, 5) is 13.3. The zero-order valence-corrected chi connectivity index (χ0v) is 12.4. The Morgan fingerprint density at radius 2 is 1.70 bits per heavy atom. The van der Waals surface area contributed by atoms with Gasteiger partial charge in [-0.05, 0) is 6.92 Å². The van der Waals surface area contributed by atoms with E-state index in [0.717, 1.165) is 26.2 Å². The van der Waals surface area contributed by atoms with Crippen molar-refractivity contribution >= 4 is 5.95 Å². The fourth-order valence-corrected chi connectivity index (χ4v) is 2.25. The molecular weight excluding hydrogens is 258 g/mol. The molecule has 1 atom stereocenters. The minimum Gasteiger partial charge on any atom is -0.481 e. The Morgan fingerprint density at radius 3 is 2.15 bits per heavy atom. The topological polar surface area (TPSA) is 76.7 Å². The van der Waals surface area contributed by atoms with Gasteiger partial charge in [0.15, 0.2) is 0 Å². The SMILES string of the molecule is COc1cc(OC)nc(N2CCN(C(C)CN)CC2)n1. The zero-order chi connectivity index (χ0) is 14.5. The molecule has 1 aliphatic rings. The number of hydrogen-bond donors (Lipinski definition) is 1. The van der Waals surface area contributed by atoms with Gasteiger partial charge >= 0.3 is 0 Å². The van der Waals surface area contributed by atoms with Gasteiger partial charge < -0.3 is 20.1 Å². The number of ether oxygens (including phenoxy) is 2. The fourth-order valence-electron chi connectivity index (χ4n) is 2.25. The third-order valence-electron chi connectivity index (χ3n) is 3.65. The molecule has 2 N–H and O–H groups in total. The molecule has 1 unspecified atom stereocenters. The molecule has 7 nitrogen and oxygen atoms in total. The van der Waals surface area contributed by atoms with Gasteiger partial charge in [-0.2, -0.15) is 9.97 Å². The van der Waals surface area contributed by atoms with Crippen LogP contribution in [-0.2, 0) is 0 Å². The Kier molecular flexibility index (Phi) is 4.97. The second-order valence-electron chi connectivity index (χ2n) is 4.86. The maximum Gasteiger partial charge on any atom is 0.232 e. The minimum absolute atomic E-state index is 0.415. The van der Waals surface area contributed by atoms with Crippen molar-refractivity contribution in [1.82, 2.24) is 14.9 Å². The Labute approximate surface area is 119 Å². The molecule has 20 heavy (non-hydrogen) atoms. The first-order valence-electron chi connectivity index (χ1n) is 6.84. The number of piperazine rings is 1. The van der Waals surface area contributed by atoms with Crippen molar-refractivity contribution in [1.29, 1.82) is 0 Å². The van der Waals surface area contributed by atoms with E-state index in [9.17, 15) is 0 Å². The molecule has 0 aliphatic carbocycles. The molecule has 2 heterocycles. The predicted molar refractivity (Wildman–Crippen MR) is 77.4 cm³/mol. The monoisotopic (exact) mass is 281 g/mol. The molecule has 0 aromatic carbocycles. The van der Waals surface area contributed by atoms with Crippen LogP contribution in [0, 0.1) is 0 Å². The third kappa shape index (κ3) is 3.29. The molecule has 1 aromatic heterocycles. The van der Waals surface area contributed by atoms with Crippen molar-refractivity contribution in [2.75, 3.05) is 51.8 Å². The number of nitrogens with zero attached hydrogens (tertiary/aromatic N) is 4. The van der Waals surface area contributed by atoms with E-state index < -0.39 is 0 Å². The molecule has 7 heteroatoms. The van der Waals surface area contributed by atoms with E-state index >= 15 is 0 Å². The van der Waals surface area contributed by atoms with Crippen LogP contribution in [0.15, 0.2) is 6.07 Å². The van der Waals surface area contributed by atoms with E-state index in [-0.39, 0.29) is 0 Å². The van der Waals surface area contributed by atoms with Crippen molar-refractivity contribution in [2.45, 2.75) is 13.0 Å². The van der Waals surface area contributed by atoms with E-state index in [1.165, 1.54) is 0 Å². The Balaban J connectivity index is 2.06. The van der Waals surface area contributed by atoms with Gasteiger partial charge in [-0.25, -0.2) is 0 Å². The van der Waals surface area contributed by atoms with Gasteiger partial charge in [-0.1, -0.05) is 0 Å². The molecule has 0 spiro atoms. The predicted octanol–water partition coefficient (Wildman–Crippen LogP) is -0.0370. The average Bonchev–Trinajstić information content (AvgIpc) is 2.53. The highest BCUT2D eigenvalue weighted by molar-refractivity contribution is 5.37. The van der Waals surface area contributed by atoms with E-state index in [4.69, 9.17) is 15.2 Å². The summed E-state index contributed by atoms with van der Waals surface area (Å²) < 4.78 is 10.4. The molecular formula is C13H23N5O2. The molecule has 0 saturated carbocycles. The van der Waals surface area contributed by atoms with Crippen LogP contribution in [0.2, 0.25) is 0 Å². The lowest BCUT2D eigenvalue weighted by molar-refractivity contribution is 0.200. The average molecular weight is 281 g/mol. The first-order chi connectivity index (χ1) is 9.67. The summed E-state index contributed by atoms with van der Waals surface area (Å²) in [6.45, 7) is 6.51. The molecule has 0 bridgehead atoms. The van der Waals surface area contributed by atoms with Crippen LogP contribution >= 0.6 is 0 Å². The van der Waals surface area contributed by atoms with Crippen LogP contribution in [0.25, 0.3) is 0 Å². The number of hydrogen-bond acceptors (Lipinski definition) is 7. The van der Waals surface area contributed by atoms with Gasteiger partial charge in [-0.3, -0.25) is 4.90 Å².